The molecule has 2 amide bonds. The highest BCUT2D eigenvalue weighted by molar-refractivity contribution is 7.14. The van der Waals surface area contributed by atoms with Crippen LogP contribution in [0.1, 0.15) is 45.7 Å². The summed E-state index contributed by atoms with van der Waals surface area (Å²) in [5.74, 6) is -1.14. The zero-order valence-corrected chi connectivity index (χ0v) is 21.6. The van der Waals surface area contributed by atoms with Crippen LogP contribution in [0.4, 0.5) is 9.39 Å². The van der Waals surface area contributed by atoms with Crippen LogP contribution < -0.4 is 10.7 Å². The largest absolute Gasteiger partial charge is 0.313 e. The first kappa shape index (κ1) is 27.2. The lowest BCUT2D eigenvalue weighted by Gasteiger charge is -2.23. The van der Waals surface area contributed by atoms with E-state index in [2.05, 4.69) is 46.5 Å². The maximum atomic E-state index is 13.3. The molecule has 0 saturated heterocycles. The normalized spacial score (nSPS) is 11.4. The second kappa shape index (κ2) is 13.6. The van der Waals surface area contributed by atoms with Crippen LogP contribution in [-0.2, 0) is 6.54 Å². The summed E-state index contributed by atoms with van der Waals surface area (Å²) >= 11 is 1.25. The minimum atomic E-state index is -0.470. The average Bonchev–Trinajstić information content (AvgIpc) is 3.33. The van der Waals surface area contributed by atoms with Crippen molar-refractivity contribution in [1.82, 2.24) is 15.2 Å². The molecule has 0 unspecified atom stereocenters. The topological polar surface area (TPSA) is 77.0 Å². The Balaban J connectivity index is 1.58. The van der Waals surface area contributed by atoms with Crippen molar-refractivity contribution in [3.63, 3.8) is 0 Å². The maximum absolute atomic E-state index is 13.3. The minimum Gasteiger partial charge on any atom is -0.313 e. The monoisotopic (exact) mass is 509 g/mol. The second-order valence-electron chi connectivity index (χ2n) is 8.34. The van der Waals surface area contributed by atoms with E-state index >= 15 is 0 Å². The summed E-state index contributed by atoms with van der Waals surface area (Å²) < 4.78 is 13.3. The van der Waals surface area contributed by atoms with Crippen molar-refractivity contribution in [2.75, 3.05) is 38.5 Å². The van der Waals surface area contributed by atoms with Crippen LogP contribution in [0.15, 0.2) is 65.1 Å². The van der Waals surface area contributed by atoms with Crippen molar-refractivity contribution >= 4 is 34.4 Å². The van der Waals surface area contributed by atoms with Crippen LogP contribution in [0.3, 0.4) is 0 Å². The molecule has 0 aliphatic rings. The van der Waals surface area contributed by atoms with Crippen LogP contribution in [-0.4, -0.2) is 61.1 Å². The zero-order chi connectivity index (χ0) is 25.9. The van der Waals surface area contributed by atoms with Gasteiger partial charge in [0.15, 0.2) is 0 Å². The number of carbonyl (C=O) groups excluding carboxylic acids is 2. The number of benzene rings is 2. The Bertz CT molecular complexity index is 1190. The van der Waals surface area contributed by atoms with Crippen LogP contribution in [0.5, 0.6) is 0 Å². The maximum Gasteiger partial charge on any atom is 0.274 e. The highest BCUT2D eigenvalue weighted by Crippen LogP contribution is 2.24. The van der Waals surface area contributed by atoms with E-state index in [0.717, 1.165) is 38.3 Å². The Labute approximate surface area is 215 Å². The van der Waals surface area contributed by atoms with E-state index < -0.39 is 5.91 Å². The Kier molecular flexibility index (Phi) is 10.3. The fourth-order valence-corrected chi connectivity index (χ4v) is 4.41. The molecule has 0 bridgehead atoms. The first-order valence-electron chi connectivity index (χ1n) is 11.9. The zero-order valence-electron chi connectivity index (χ0n) is 20.8. The van der Waals surface area contributed by atoms with E-state index in [9.17, 15) is 14.0 Å². The van der Waals surface area contributed by atoms with Crippen molar-refractivity contribution in [1.29, 1.82) is 0 Å². The molecule has 0 aliphatic heterocycles. The van der Waals surface area contributed by atoms with E-state index in [-0.39, 0.29) is 11.7 Å². The quantitative estimate of drug-likeness (QED) is 0.275. The fraction of sp³-hybridized carbons (Fsp3) is 0.296. The number of rotatable bonds is 12. The van der Waals surface area contributed by atoms with Gasteiger partial charge in [-0.3, -0.25) is 9.59 Å². The third kappa shape index (κ3) is 8.08. The van der Waals surface area contributed by atoms with Gasteiger partial charge in [-0.15, -0.1) is 11.3 Å². The van der Waals surface area contributed by atoms with E-state index in [0.29, 0.717) is 21.7 Å². The predicted octanol–water partition coefficient (Wildman–Crippen LogP) is 4.68. The average molecular weight is 510 g/mol. The Hall–Kier alpha value is -3.40. The number of carbonyl (C=O) groups is 2. The number of nitrogens with zero attached hydrogens (tertiary/aromatic N) is 3. The van der Waals surface area contributed by atoms with E-state index in [1.807, 2.05) is 18.2 Å². The number of hydrogen-bond donors (Lipinski definition) is 2. The van der Waals surface area contributed by atoms with Crippen LogP contribution >= 0.6 is 11.3 Å². The number of amides is 2. The molecule has 2 aromatic carbocycles. The number of hydrogen-bond acceptors (Lipinski definition) is 6. The van der Waals surface area contributed by atoms with Gasteiger partial charge in [0.25, 0.3) is 11.8 Å². The van der Waals surface area contributed by atoms with Crippen molar-refractivity contribution in [3.05, 3.63) is 88.0 Å². The molecule has 0 atom stereocenters. The second-order valence-corrected chi connectivity index (χ2v) is 9.25. The van der Waals surface area contributed by atoms with Crippen LogP contribution in [0, 0.1) is 5.82 Å². The minimum absolute atomic E-state index is 0.289. The molecule has 9 heteroatoms. The van der Waals surface area contributed by atoms with Gasteiger partial charge in [-0.1, -0.05) is 38.1 Å². The molecule has 2 N–H and O–H groups in total. The van der Waals surface area contributed by atoms with Gasteiger partial charge in [0.1, 0.15) is 10.8 Å². The summed E-state index contributed by atoms with van der Waals surface area (Å²) in [6, 6.07) is 15.0. The summed E-state index contributed by atoms with van der Waals surface area (Å²) in [4.78, 5) is 30.1. The van der Waals surface area contributed by atoms with E-state index in [1.165, 1.54) is 29.7 Å². The number of likely N-dealkylation sites (N-methyl/N-ethyl adjacent to an activating group) is 2. The molecule has 0 fully saturated rings. The summed E-state index contributed by atoms with van der Waals surface area (Å²) in [7, 11) is 2.07. The Morgan fingerprint density at radius 1 is 1.03 bits per heavy atom. The molecule has 0 spiro atoms. The number of thiophene rings is 1. The Morgan fingerprint density at radius 3 is 2.56 bits per heavy atom. The van der Waals surface area contributed by atoms with Crippen molar-refractivity contribution < 1.29 is 14.0 Å². The van der Waals surface area contributed by atoms with Gasteiger partial charge in [0, 0.05) is 25.2 Å². The number of nitrogens with one attached hydrogen (secondary N) is 2. The summed E-state index contributed by atoms with van der Waals surface area (Å²) in [5, 5.41) is 8.88. The van der Waals surface area contributed by atoms with Gasteiger partial charge < -0.3 is 15.1 Å². The standard InChI is InChI=1S/C27H32FN5O2S/c1-4-33(5-2)14-13-32(3)19-21-9-6-10-22(16-21)25(34)30-27-24(12-15-36-27)26(35)31-29-18-20-8-7-11-23(28)17-20/h6-12,15-18H,4-5,13-14,19H2,1-3H3,(H,30,34)(H,31,35)/b29-18+. The third-order valence-electron chi connectivity index (χ3n) is 5.70. The van der Waals surface area contributed by atoms with Crippen molar-refractivity contribution in [3.8, 4) is 0 Å². The van der Waals surface area contributed by atoms with Crippen LogP contribution in [0.25, 0.3) is 0 Å². The molecule has 3 rings (SSSR count). The fourth-order valence-electron chi connectivity index (χ4n) is 3.63. The lowest BCUT2D eigenvalue weighted by molar-refractivity contribution is 0.0956. The van der Waals surface area contributed by atoms with E-state index in [4.69, 9.17) is 0 Å². The lowest BCUT2D eigenvalue weighted by atomic mass is 10.1. The molecule has 1 aromatic heterocycles. The smallest absolute Gasteiger partial charge is 0.274 e. The third-order valence-corrected chi connectivity index (χ3v) is 6.53. The van der Waals surface area contributed by atoms with Gasteiger partial charge >= 0.3 is 0 Å². The van der Waals surface area contributed by atoms with Gasteiger partial charge in [0.2, 0.25) is 0 Å². The molecule has 36 heavy (non-hydrogen) atoms. The van der Waals surface area contributed by atoms with Gasteiger partial charge in [-0.2, -0.15) is 5.10 Å². The summed E-state index contributed by atoms with van der Waals surface area (Å²) in [6.45, 7) is 9.05. The highest BCUT2D eigenvalue weighted by Gasteiger charge is 2.16. The summed E-state index contributed by atoms with van der Waals surface area (Å²) in [5.41, 5.74) is 4.81. The highest BCUT2D eigenvalue weighted by atomic mass is 32.1. The first-order valence-corrected chi connectivity index (χ1v) is 12.7. The number of halogens is 1. The molecular weight excluding hydrogens is 477 g/mol. The molecule has 0 saturated carbocycles. The molecule has 3 aromatic rings. The predicted molar refractivity (Wildman–Crippen MR) is 144 cm³/mol. The van der Waals surface area contributed by atoms with Crippen LogP contribution in [0.2, 0.25) is 0 Å². The Morgan fingerprint density at radius 2 is 1.81 bits per heavy atom. The number of hydrazone groups is 1. The van der Waals surface area contributed by atoms with Gasteiger partial charge in [0.05, 0.1) is 11.8 Å². The van der Waals surface area contributed by atoms with Gasteiger partial charge in [-0.05, 0) is 67.0 Å². The SMILES string of the molecule is CCN(CC)CCN(C)Cc1cccc(C(=O)Nc2sccc2C(=O)N/N=C/c2cccc(F)c2)c1. The molecule has 1 heterocycles. The summed E-state index contributed by atoms with van der Waals surface area (Å²) in [6.07, 6.45) is 1.36. The van der Waals surface area contributed by atoms with Crippen molar-refractivity contribution in [2.24, 2.45) is 5.10 Å². The molecule has 0 aliphatic carbocycles. The first-order chi connectivity index (χ1) is 17.4. The van der Waals surface area contributed by atoms with E-state index in [1.54, 1.807) is 29.6 Å². The lowest BCUT2D eigenvalue weighted by Crippen LogP contribution is -2.32. The molecule has 7 nitrogen and oxygen atoms in total. The number of anilines is 1. The molecule has 0 radical (unpaired) electrons. The molecule has 190 valence electrons. The molecular formula is C27H32FN5O2S. The van der Waals surface area contributed by atoms with Gasteiger partial charge in [-0.25, -0.2) is 9.82 Å². The van der Waals surface area contributed by atoms with Crippen molar-refractivity contribution in [2.45, 2.75) is 20.4 Å².